The van der Waals surface area contributed by atoms with E-state index in [4.69, 9.17) is 5.73 Å². The predicted octanol–water partition coefficient (Wildman–Crippen LogP) is 2.67. The molecule has 2 N–H and O–H groups in total. The molecule has 0 bridgehead atoms. The molecule has 0 aliphatic rings. The van der Waals surface area contributed by atoms with E-state index in [2.05, 4.69) is 26.1 Å². The fourth-order valence-corrected chi connectivity index (χ4v) is 2.72. The molecule has 6 nitrogen and oxygen atoms in total. The first-order valence-corrected chi connectivity index (χ1v) is 7.17. The van der Waals surface area contributed by atoms with Crippen molar-refractivity contribution >= 4 is 16.9 Å². The number of nitrogens with zero attached hydrogens (tertiary/aromatic N) is 5. The number of fused-ring (bicyclic) bond motifs is 1. The Morgan fingerprint density at radius 2 is 1.65 bits per heavy atom. The van der Waals surface area contributed by atoms with E-state index in [9.17, 15) is 0 Å². The van der Waals surface area contributed by atoms with Crippen LogP contribution in [-0.4, -0.2) is 24.7 Å². The Labute approximate surface area is 132 Å². The molecule has 112 valence electrons. The third-order valence-electron chi connectivity index (χ3n) is 3.79. The molecule has 3 aromatic heterocycles. The molecule has 0 aliphatic heterocycles. The molecule has 1 aromatic carbocycles. The Hall–Kier alpha value is -3.28. The number of aryl methyl sites for hydroxylation is 1. The lowest BCUT2D eigenvalue weighted by Gasteiger charge is -2.04. The Morgan fingerprint density at radius 1 is 0.913 bits per heavy atom. The highest BCUT2D eigenvalue weighted by Crippen LogP contribution is 2.31. The van der Waals surface area contributed by atoms with E-state index in [1.165, 1.54) is 0 Å². The van der Waals surface area contributed by atoms with Gasteiger partial charge in [-0.3, -0.25) is 9.67 Å². The molecular formula is C17H14N6. The summed E-state index contributed by atoms with van der Waals surface area (Å²) >= 11 is 0. The van der Waals surface area contributed by atoms with E-state index in [0.29, 0.717) is 0 Å². The Kier molecular flexibility index (Phi) is 3.01. The maximum absolute atomic E-state index is 5.56. The highest BCUT2D eigenvalue weighted by Gasteiger charge is 2.12. The maximum Gasteiger partial charge on any atom is 0.219 e. The van der Waals surface area contributed by atoms with Gasteiger partial charge in [-0.15, -0.1) is 0 Å². The second-order valence-corrected chi connectivity index (χ2v) is 5.27. The minimum absolute atomic E-state index is 0.272. The minimum Gasteiger partial charge on any atom is -0.368 e. The molecule has 0 fully saturated rings. The molecule has 0 aliphatic carbocycles. The number of pyridine rings is 1. The van der Waals surface area contributed by atoms with Crippen LogP contribution in [0, 0.1) is 0 Å². The summed E-state index contributed by atoms with van der Waals surface area (Å²) in [5, 5.41) is 5.66. The molecule has 3 heterocycles. The predicted molar refractivity (Wildman–Crippen MR) is 89.4 cm³/mol. The zero-order valence-electron chi connectivity index (χ0n) is 12.5. The van der Waals surface area contributed by atoms with Crippen molar-refractivity contribution in [1.82, 2.24) is 24.7 Å². The van der Waals surface area contributed by atoms with Gasteiger partial charge in [0.05, 0.1) is 11.2 Å². The summed E-state index contributed by atoms with van der Waals surface area (Å²) in [6.07, 6.45) is 7.02. The van der Waals surface area contributed by atoms with Crippen molar-refractivity contribution in [2.45, 2.75) is 0 Å². The monoisotopic (exact) mass is 302 g/mol. The lowest BCUT2D eigenvalue weighted by Crippen LogP contribution is -1.93. The third-order valence-corrected chi connectivity index (χ3v) is 3.79. The van der Waals surface area contributed by atoms with Crippen molar-refractivity contribution in [3.63, 3.8) is 0 Å². The lowest BCUT2D eigenvalue weighted by atomic mass is 10.0. The average Bonchev–Trinajstić information content (AvgIpc) is 2.91. The van der Waals surface area contributed by atoms with Crippen LogP contribution in [0.25, 0.3) is 33.3 Å². The van der Waals surface area contributed by atoms with E-state index >= 15 is 0 Å². The van der Waals surface area contributed by atoms with Crippen molar-refractivity contribution in [1.29, 1.82) is 0 Å². The maximum atomic E-state index is 5.56. The first-order chi connectivity index (χ1) is 11.2. The van der Waals surface area contributed by atoms with Gasteiger partial charge in [-0.1, -0.05) is 6.07 Å². The number of anilines is 1. The van der Waals surface area contributed by atoms with Crippen LogP contribution < -0.4 is 5.73 Å². The molecule has 4 rings (SSSR count). The summed E-state index contributed by atoms with van der Waals surface area (Å²) < 4.78 is 1.89. The summed E-state index contributed by atoms with van der Waals surface area (Å²) in [5.41, 5.74) is 10.6. The van der Waals surface area contributed by atoms with Crippen LogP contribution in [0.5, 0.6) is 0 Å². The van der Waals surface area contributed by atoms with Gasteiger partial charge in [-0.05, 0) is 29.8 Å². The molecule has 0 saturated carbocycles. The number of nitrogen functional groups attached to an aromatic ring is 1. The fourth-order valence-electron chi connectivity index (χ4n) is 2.72. The third kappa shape index (κ3) is 2.30. The summed E-state index contributed by atoms with van der Waals surface area (Å²) in [6, 6.07) is 10.1. The summed E-state index contributed by atoms with van der Waals surface area (Å²) in [7, 11) is 1.95. The molecule has 6 heteroatoms. The normalized spacial score (nSPS) is 11.0. The zero-order valence-corrected chi connectivity index (χ0v) is 12.5. The number of benzene rings is 1. The van der Waals surface area contributed by atoms with Crippen molar-refractivity contribution < 1.29 is 0 Å². The highest BCUT2D eigenvalue weighted by molar-refractivity contribution is 5.95. The van der Waals surface area contributed by atoms with E-state index in [-0.39, 0.29) is 5.95 Å². The molecule has 0 unspecified atom stereocenters. The lowest BCUT2D eigenvalue weighted by molar-refractivity contribution is 0.788. The quantitative estimate of drug-likeness (QED) is 0.615. The van der Waals surface area contributed by atoms with E-state index < -0.39 is 0 Å². The molecule has 0 spiro atoms. The van der Waals surface area contributed by atoms with Crippen LogP contribution in [-0.2, 0) is 7.05 Å². The molecule has 0 saturated heterocycles. The summed E-state index contributed by atoms with van der Waals surface area (Å²) in [4.78, 5) is 12.2. The second-order valence-electron chi connectivity index (χ2n) is 5.27. The number of aromatic nitrogens is 5. The van der Waals surface area contributed by atoms with Crippen LogP contribution in [0.4, 0.5) is 5.95 Å². The van der Waals surface area contributed by atoms with Gasteiger partial charge < -0.3 is 5.73 Å². The van der Waals surface area contributed by atoms with Crippen molar-refractivity contribution in [3.05, 3.63) is 55.1 Å². The topological polar surface area (TPSA) is 82.5 Å². The van der Waals surface area contributed by atoms with Gasteiger partial charge in [0.2, 0.25) is 5.95 Å². The van der Waals surface area contributed by atoms with Crippen LogP contribution >= 0.6 is 0 Å². The minimum atomic E-state index is 0.272. The van der Waals surface area contributed by atoms with Gasteiger partial charge in [-0.25, -0.2) is 9.97 Å². The van der Waals surface area contributed by atoms with Gasteiger partial charge in [0, 0.05) is 48.3 Å². The van der Waals surface area contributed by atoms with Gasteiger partial charge in [0.1, 0.15) is 0 Å². The molecule has 23 heavy (non-hydrogen) atoms. The van der Waals surface area contributed by atoms with Gasteiger partial charge >= 0.3 is 0 Å². The Balaban J connectivity index is 1.93. The van der Waals surface area contributed by atoms with Crippen LogP contribution in [0.2, 0.25) is 0 Å². The second kappa shape index (κ2) is 5.17. The SMILES string of the molecule is Cn1nc2ccc(-c3cnc(N)nc3)cc2c1-c1ccncc1. The van der Waals surface area contributed by atoms with Gasteiger partial charge in [0.15, 0.2) is 0 Å². The van der Waals surface area contributed by atoms with Crippen molar-refractivity contribution in [2.24, 2.45) is 7.05 Å². The van der Waals surface area contributed by atoms with Gasteiger partial charge in [0.25, 0.3) is 0 Å². The highest BCUT2D eigenvalue weighted by atomic mass is 15.3. The first-order valence-electron chi connectivity index (χ1n) is 7.17. The van der Waals surface area contributed by atoms with Crippen LogP contribution in [0.3, 0.4) is 0 Å². The van der Waals surface area contributed by atoms with Crippen molar-refractivity contribution in [3.8, 4) is 22.4 Å². The Bertz CT molecular complexity index is 973. The van der Waals surface area contributed by atoms with Gasteiger partial charge in [-0.2, -0.15) is 5.10 Å². The smallest absolute Gasteiger partial charge is 0.219 e. The van der Waals surface area contributed by atoms with E-state index in [0.717, 1.165) is 33.3 Å². The molecule has 0 atom stereocenters. The van der Waals surface area contributed by atoms with Crippen LogP contribution in [0.1, 0.15) is 0 Å². The molecule has 4 aromatic rings. The molecule has 0 amide bonds. The standard InChI is InChI=1S/C17H14N6/c1-23-16(11-4-6-19-7-5-11)14-8-12(2-3-15(14)22-23)13-9-20-17(18)21-10-13/h2-10H,1H3,(H2,18,20,21). The largest absolute Gasteiger partial charge is 0.368 e. The molecular weight excluding hydrogens is 288 g/mol. The van der Waals surface area contributed by atoms with Crippen molar-refractivity contribution in [2.75, 3.05) is 5.73 Å². The van der Waals surface area contributed by atoms with E-state index in [1.54, 1.807) is 24.8 Å². The summed E-state index contributed by atoms with van der Waals surface area (Å²) in [6.45, 7) is 0. The number of hydrogen-bond acceptors (Lipinski definition) is 5. The van der Waals surface area contributed by atoms with E-state index in [1.807, 2.05) is 36.0 Å². The number of hydrogen-bond donors (Lipinski definition) is 1. The fraction of sp³-hybridized carbons (Fsp3) is 0.0588. The number of rotatable bonds is 2. The van der Waals surface area contributed by atoms with Crippen LogP contribution in [0.15, 0.2) is 55.1 Å². The zero-order chi connectivity index (χ0) is 15.8. The Morgan fingerprint density at radius 3 is 2.39 bits per heavy atom. The average molecular weight is 302 g/mol. The number of nitrogens with two attached hydrogens (primary N) is 1. The first kappa shape index (κ1) is 13.4. The summed E-state index contributed by atoms with van der Waals surface area (Å²) in [5.74, 6) is 0.272. The molecule has 0 radical (unpaired) electrons.